The fraction of sp³-hybridized carbons (Fsp3) is 0.400. The van der Waals surface area contributed by atoms with Gasteiger partial charge in [0.05, 0.1) is 0 Å². The van der Waals surface area contributed by atoms with Gasteiger partial charge in [0, 0.05) is 6.92 Å². The Bertz CT molecular complexity index is 68.1. The Labute approximate surface area is 48.5 Å². The fourth-order valence-corrected chi connectivity index (χ4v) is 0. The third kappa shape index (κ3) is 65.7. The summed E-state index contributed by atoms with van der Waals surface area (Å²) in [5, 5.41) is 7.29. The molecule has 0 aromatic heterocycles. The van der Waals surface area contributed by atoms with Crippen molar-refractivity contribution < 1.29 is 14.9 Å². The number of hydrogen-bond donors (Lipinski definition) is 1. The van der Waals surface area contributed by atoms with Crippen LogP contribution in [0.15, 0.2) is 12.7 Å². The number of allylic oxidation sites excluding steroid dienone is 1. The van der Waals surface area contributed by atoms with Crippen LogP contribution in [0.2, 0.25) is 0 Å². The third-order valence-electron chi connectivity index (χ3n) is 0.129. The largest absolute Gasteiger partial charge is 0.339 e. The van der Waals surface area contributed by atoms with Crippen molar-refractivity contribution in [1.82, 2.24) is 0 Å². The minimum Gasteiger partial charge on any atom is -0.301 e. The highest BCUT2D eigenvalue weighted by molar-refractivity contribution is 5.64. The molecule has 0 unspecified atom stereocenters. The van der Waals surface area contributed by atoms with E-state index >= 15 is 0 Å². The van der Waals surface area contributed by atoms with Crippen molar-refractivity contribution in [2.75, 3.05) is 0 Å². The predicted molar refractivity (Wildman–Crippen MR) is 30.3 cm³/mol. The van der Waals surface area contributed by atoms with Gasteiger partial charge >= 0.3 is 5.97 Å². The van der Waals surface area contributed by atoms with E-state index in [-0.39, 0.29) is 0 Å². The van der Waals surface area contributed by atoms with Crippen LogP contribution in [0, 0.1) is 0 Å². The number of hydrogen-bond acceptors (Lipinski definition) is 3. The Morgan fingerprint density at radius 2 is 2.00 bits per heavy atom. The zero-order valence-electron chi connectivity index (χ0n) is 5.05. The Morgan fingerprint density at radius 1 is 1.88 bits per heavy atom. The lowest BCUT2D eigenvalue weighted by Crippen LogP contribution is -1.89. The molecule has 3 nitrogen and oxygen atoms in total. The van der Waals surface area contributed by atoms with E-state index in [1.165, 1.54) is 0 Å². The Kier molecular flexibility index (Phi) is 12.1. The summed E-state index contributed by atoms with van der Waals surface area (Å²) in [5.74, 6) is -0.690. The first-order valence-corrected chi connectivity index (χ1v) is 2.08. The van der Waals surface area contributed by atoms with Gasteiger partial charge in [0.25, 0.3) is 0 Å². The second kappa shape index (κ2) is 9.48. The SMILES string of the molecule is C=CC.CC(=O)OO. The molecule has 1 N–H and O–H groups in total. The fourth-order valence-electron chi connectivity index (χ4n) is 0. The standard InChI is InChI=1S/C3H6.C2H4O3/c1-3-2;1-2(3)5-4/h3H,1H2,2H3;4H,1H3. The van der Waals surface area contributed by atoms with Crippen LogP contribution in [0.4, 0.5) is 0 Å². The van der Waals surface area contributed by atoms with E-state index in [0.29, 0.717) is 0 Å². The predicted octanol–water partition coefficient (Wildman–Crippen LogP) is 1.21. The van der Waals surface area contributed by atoms with E-state index in [9.17, 15) is 4.79 Å². The Morgan fingerprint density at radius 3 is 2.00 bits per heavy atom. The van der Waals surface area contributed by atoms with Crippen molar-refractivity contribution in [1.29, 1.82) is 0 Å². The highest BCUT2D eigenvalue weighted by atomic mass is 17.1. The summed E-state index contributed by atoms with van der Waals surface area (Å²) in [6.45, 7) is 6.36. The zero-order chi connectivity index (χ0) is 6.99. The maximum Gasteiger partial charge on any atom is 0.339 e. The number of rotatable bonds is 0. The molecule has 0 amide bonds. The van der Waals surface area contributed by atoms with Gasteiger partial charge in [0.1, 0.15) is 0 Å². The maximum atomic E-state index is 9.34. The van der Waals surface area contributed by atoms with Crippen molar-refractivity contribution in [2.45, 2.75) is 13.8 Å². The van der Waals surface area contributed by atoms with Gasteiger partial charge in [-0.15, -0.1) is 6.58 Å². The average molecular weight is 118 g/mol. The van der Waals surface area contributed by atoms with Crippen LogP contribution in [0.1, 0.15) is 13.8 Å². The smallest absolute Gasteiger partial charge is 0.301 e. The lowest BCUT2D eigenvalue weighted by Gasteiger charge is -1.76. The van der Waals surface area contributed by atoms with Crippen molar-refractivity contribution in [3.8, 4) is 0 Å². The quantitative estimate of drug-likeness (QED) is 0.295. The molecule has 48 valence electrons. The molecule has 0 spiro atoms. The molecular formula is C5H10O3. The molecule has 3 heteroatoms. The molecule has 0 atom stereocenters. The lowest BCUT2D eigenvalue weighted by molar-refractivity contribution is -0.231. The second-order valence-electron chi connectivity index (χ2n) is 0.991. The van der Waals surface area contributed by atoms with Crippen LogP contribution in [0.5, 0.6) is 0 Å². The van der Waals surface area contributed by atoms with E-state index in [2.05, 4.69) is 11.5 Å². The van der Waals surface area contributed by atoms with E-state index < -0.39 is 5.97 Å². The van der Waals surface area contributed by atoms with Gasteiger partial charge < -0.3 is 4.89 Å². The number of carbonyl (C=O) groups excluding carboxylic acids is 1. The van der Waals surface area contributed by atoms with Crippen molar-refractivity contribution >= 4 is 5.97 Å². The van der Waals surface area contributed by atoms with Crippen LogP contribution in [-0.2, 0) is 9.68 Å². The molecule has 0 aliphatic heterocycles. The molecule has 0 aliphatic carbocycles. The summed E-state index contributed by atoms with van der Waals surface area (Å²) in [6, 6.07) is 0. The highest BCUT2D eigenvalue weighted by Crippen LogP contribution is 1.59. The van der Waals surface area contributed by atoms with Gasteiger partial charge in [-0.1, -0.05) is 6.08 Å². The van der Waals surface area contributed by atoms with Gasteiger partial charge in [-0.25, -0.2) is 4.79 Å². The van der Waals surface area contributed by atoms with Gasteiger partial charge in [-0.3, -0.25) is 0 Å². The minimum absolute atomic E-state index is 0.690. The molecular weight excluding hydrogens is 108 g/mol. The van der Waals surface area contributed by atoms with Crippen LogP contribution in [-0.4, -0.2) is 11.2 Å². The molecule has 0 rings (SSSR count). The molecule has 0 bridgehead atoms. The van der Waals surface area contributed by atoms with Crippen molar-refractivity contribution in [3.05, 3.63) is 12.7 Å². The molecule has 0 heterocycles. The molecule has 0 aliphatic rings. The van der Waals surface area contributed by atoms with E-state index in [1.807, 2.05) is 6.92 Å². The van der Waals surface area contributed by atoms with Gasteiger partial charge in [0.2, 0.25) is 0 Å². The summed E-state index contributed by atoms with van der Waals surface area (Å²) in [4.78, 5) is 12.5. The van der Waals surface area contributed by atoms with Gasteiger partial charge in [0.15, 0.2) is 0 Å². The van der Waals surface area contributed by atoms with Crippen LogP contribution >= 0.6 is 0 Å². The normalized spacial score (nSPS) is 5.88. The van der Waals surface area contributed by atoms with Crippen LogP contribution in [0.25, 0.3) is 0 Å². The van der Waals surface area contributed by atoms with E-state index in [1.54, 1.807) is 6.08 Å². The monoisotopic (exact) mass is 118 g/mol. The topological polar surface area (TPSA) is 46.5 Å². The van der Waals surface area contributed by atoms with Crippen molar-refractivity contribution in [3.63, 3.8) is 0 Å². The zero-order valence-corrected chi connectivity index (χ0v) is 5.05. The van der Waals surface area contributed by atoms with Crippen LogP contribution < -0.4 is 0 Å². The van der Waals surface area contributed by atoms with Gasteiger partial charge in [-0.05, 0) is 6.92 Å². The molecule has 0 radical (unpaired) electrons. The van der Waals surface area contributed by atoms with Crippen molar-refractivity contribution in [2.24, 2.45) is 0 Å². The molecule has 0 fully saturated rings. The first-order valence-electron chi connectivity index (χ1n) is 2.08. The minimum atomic E-state index is -0.690. The Hall–Kier alpha value is -0.830. The molecule has 0 aromatic rings. The van der Waals surface area contributed by atoms with Crippen LogP contribution in [0.3, 0.4) is 0 Å². The van der Waals surface area contributed by atoms with E-state index in [4.69, 9.17) is 5.26 Å². The summed E-state index contributed by atoms with van der Waals surface area (Å²) < 4.78 is 0. The van der Waals surface area contributed by atoms with E-state index in [0.717, 1.165) is 6.92 Å². The molecule has 0 saturated heterocycles. The number of carbonyl (C=O) groups is 1. The first-order chi connectivity index (χ1) is 3.68. The lowest BCUT2D eigenvalue weighted by atomic mass is 10.8. The first kappa shape index (κ1) is 10.2. The van der Waals surface area contributed by atoms with Gasteiger partial charge in [-0.2, -0.15) is 5.26 Å². The molecule has 8 heavy (non-hydrogen) atoms. The molecule has 0 aromatic carbocycles. The summed E-state index contributed by atoms with van der Waals surface area (Å²) >= 11 is 0. The summed E-state index contributed by atoms with van der Waals surface area (Å²) in [6.07, 6.45) is 1.75. The highest BCUT2D eigenvalue weighted by Gasteiger charge is 1.79. The maximum absolute atomic E-state index is 9.34. The Balaban J connectivity index is 0. The summed E-state index contributed by atoms with van der Waals surface area (Å²) in [7, 11) is 0. The third-order valence-corrected chi connectivity index (χ3v) is 0.129. The molecule has 0 saturated carbocycles. The average Bonchev–Trinajstić information content (AvgIpc) is 1.69. The summed E-state index contributed by atoms with van der Waals surface area (Å²) in [5.41, 5.74) is 0. The second-order valence-corrected chi connectivity index (χ2v) is 0.991.